The third kappa shape index (κ3) is 9.34. The van der Waals surface area contributed by atoms with Gasteiger partial charge in [0.15, 0.2) is 0 Å². The Morgan fingerprint density at radius 3 is 2.21 bits per heavy atom. The van der Waals surface area contributed by atoms with Crippen molar-refractivity contribution in [1.29, 1.82) is 0 Å². The number of nitrogens with zero attached hydrogens (tertiary/aromatic N) is 2. The molecule has 0 aromatic heterocycles. The Balaban J connectivity index is 2.24. The smallest absolute Gasteiger partial charge is 0.350 e. The van der Waals surface area contributed by atoms with Gasteiger partial charge in [0.05, 0.1) is 17.5 Å². The third-order valence-electron chi connectivity index (χ3n) is 5.71. The Kier molecular flexibility index (Phi) is 9.99. The first-order valence-electron chi connectivity index (χ1n) is 12.2. The van der Waals surface area contributed by atoms with Crippen LogP contribution >= 0.6 is 0 Å². The molecule has 1 atom stereocenters. The number of halogens is 3. The van der Waals surface area contributed by atoms with Crippen LogP contribution in [-0.4, -0.2) is 49.5 Å². The lowest BCUT2D eigenvalue weighted by Gasteiger charge is -2.32. The predicted molar refractivity (Wildman–Crippen MR) is 142 cm³/mol. The molecule has 0 saturated carbocycles. The zero-order valence-corrected chi connectivity index (χ0v) is 23.4. The SMILES string of the molecule is Cc1cccc(CN(C(=O)CCCN(c2cccc(C(F)(F)F)c2)S(C)(=O)=O)[C@H](C)C(=O)NC(C)(C)C)c1. The highest BCUT2D eigenvalue weighted by Crippen LogP contribution is 2.32. The zero-order valence-electron chi connectivity index (χ0n) is 22.6. The van der Waals surface area contributed by atoms with E-state index in [9.17, 15) is 31.2 Å². The van der Waals surface area contributed by atoms with E-state index in [2.05, 4.69) is 5.32 Å². The summed E-state index contributed by atoms with van der Waals surface area (Å²) in [7, 11) is -3.92. The van der Waals surface area contributed by atoms with Gasteiger partial charge in [0, 0.05) is 25.0 Å². The number of hydrogen-bond acceptors (Lipinski definition) is 4. The number of rotatable bonds is 10. The summed E-state index contributed by atoms with van der Waals surface area (Å²) in [6, 6.07) is 10.8. The van der Waals surface area contributed by atoms with Crippen LogP contribution in [0.4, 0.5) is 18.9 Å². The fraction of sp³-hybridized carbons (Fsp3) is 0.481. The highest BCUT2D eigenvalue weighted by molar-refractivity contribution is 7.92. The van der Waals surface area contributed by atoms with Crippen molar-refractivity contribution in [2.45, 2.75) is 71.8 Å². The van der Waals surface area contributed by atoms with Crippen LogP contribution in [0.5, 0.6) is 0 Å². The van der Waals surface area contributed by atoms with Crippen molar-refractivity contribution in [3.63, 3.8) is 0 Å². The summed E-state index contributed by atoms with van der Waals surface area (Å²) in [5, 5.41) is 2.87. The first-order chi connectivity index (χ1) is 17.4. The van der Waals surface area contributed by atoms with Gasteiger partial charge in [0.1, 0.15) is 6.04 Å². The number of carbonyl (C=O) groups is 2. The Morgan fingerprint density at radius 2 is 1.66 bits per heavy atom. The number of amides is 2. The van der Waals surface area contributed by atoms with E-state index in [1.807, 2.05) is 52.0 Å². The van der Waals surface area contributed by atoms with E-state index in [0.29, 0.717) is 0 Å². The average Bonchev–Trinajstić information content (AvgIpc) is 2.77. The molecule has 11 heteroatoms. The van der Waals surface area contributed by atoms with Crippen LogP contribution in [0.25, 0.3) is 0 Å². The van der Waals surface area contributed by atoms with Gasteiger partial charge < -0.3 is 10.2 Å². The Bertz CT molecular complexity index is 1240. The lowest BCUT2D eigenvalue weighted by Crippen LogP contribution is -2.52. The molecule has 0 aliphatic rings. The van der Waals surface area contributed by atoms with E-state index in [4.69, 9.17) is 0 Å². The van der Waals surface area contributed by atoms with Crippen molar-refractivity contribution in [2.75, 3.05) is 17.1 Å². The van der Waals surface area contributed by atoms with E-state index in [-0.39, 0.29) is 43.4 Å². The Hall–Kier alpha value is -3.08. The fourth-order valence-corrected chi connectivity index (χ4v) is 4.86. The van der Waals surface area contributed by atoms with E-state index in [1.54, 1.807) is 6.92 Å². The molecule has 0 fully saturated rings. The molecule has 0 aliphatic carbocycles. The molecule has 210 valence electrons. The molecule has 2 rings (SSSR count). The number of nitrogens with one attached hydrogen (secondary N) is 1. The number of aryl methyl sites for hydroxylation is 1. The maximum atomic E-state index is 13.3. The highest BCUT2D eigenvalue weighted by Gasteiger charge is 2.32. The fourth-order valence-electron chi connectivity index (χ4n) is 3.91. The maximum Gasteiger partial charge on any atom is 0.416 e. The predicted octanol–water partition coefficient (Wildman–Crippen LogP) is 4.89. The van der Waals surface area contributed by atoms with E-state index in [1.165, 1.54) is 11.0 Å². The molecule has 2 aromatic carbocycles. The minimum Gasteiger partial charge on any atom is -0.350 e. The molecule has 0 bridgehead atoms. The first kappa shape index (κ1) is 31.1. The van der Waals surface area contributed by atoms with Crippen molar-refractivity contribution in [2.24, 2.45) is 0 Å². The number of alkyl halides is 3. The highest BCUT2D eigenvalue weighted by atomic mass is 32.2. The van der Waals surface area contributed by atoms with Gasteiger partial charge in [-0.05, 0) is 64.8 Å². The van der Waals surface area contributed by atoms with Crippen molar-refractivity contribution >= 4 is 27.5 Å². The second-order valence-corrected chi connectivity index (χ2v) is 12.3. The standard InChI is InChI=1S/C27H36F3N3O4S/c1-19-10-7-11-21(16-19)18-32(20(2)25(35)31-26(3,4)5)24(34)14-9-15-33(38(6,36)37)23-13-8-12-22(17-23)27(28,29)30/h7-8,10-13,16-17,20H,9,14-15,18H2,1-6H3,(H,31,35)/t20-/m1/s1. The number of benzene rings is 2. The van der Waals surface area contributed by atoms with Crippen molar-refractivity contribution in [1.82, 2.24) is 10.2 Å². The van der Waals surface area contributed by atoms with Crippen LogP contribution in [0.15, 0.2) is 48.5 Å². The molecule has 0 unspecified atom stereocenters. The quantitative estimate of drug-likeness (QED) is 0.452. The van der Waals surface area contributed by atoms with Crippen molar-refractivity contribution < 1.29 is 31.2 Å². The van der Waals surface area contributed by atoms with Gasteiger partial charge in [-0.1, -0.05) is 35.9 Å². The minimum absolute atomic E-state index is 0.0417. The van der Waals surface area contributed by atoms with E-state index < -0.39 is 33.3 Å². The number of sulfonamides is 1. The van der Waals surface area contributed by atoms with Crippen molar-refractivity contribution in [3.8, 4) is 0 Å². The largest absolute Gasteiger partial charge is 0.416 e. The van der Waals surface area contributed by atoms with Gasteiger partial charge in [-0.3, -0.25) is 13.9 Å². The lowest BCUT2D eigenvalue weighted by molar-refractivity contribution is -0.141. The molecule has 1 N–H and O–H groups in total. The summed E-state index contributed by atoms with van der Waals surface area (Å²) in [5.74, 6) is -0.708. The number of carbonyl (C=O) groups excluding carboxylic acids is 2. The zero-order chi connectivity index (χ0) is 28.9. The van der Waals surface area contributed by atoms with E-state index in [0.717, 1.165) is 39.9 Å². The summed E-state index contributed by atoms with van der Waals surface area (Å²) in [5.41, 5.74) is 0.207. The van der Waals surface area contributed by atoms with Crippen LogP contribution in [0.1, 0.15) is 57.2 Å². The van der Waals surface area contributed by atoms with Gasteiger partial charge in [0.25, 0.3) is 0 Å². The van der Waals surface area contributed by atoms with Gasteiger partial charge in [-0.15, -0.1) is 0 Å². The summed E-state index contributed by atoms with van der Waals surface area (Å²) in [6.07, 6.45) is -3.79. The Labute approximate surface area is 223 Å². The van der Waals surface area contributed by atoms with Crippen LogP contribution in [0, 0.1) is 6.92 Å². The number of anilines is 1. The van der Waals surface area contributed by atoms with Crippen LogP contribution in [0.3, 0.4) is 0 Å². The molecule has 0 heterocycles. The van der Waals surface area contributed by atoms with Crippen molar-refractivity contribution in [3.05, 3.63) is 65.2 Å². The van der Waals surface area contributed by atoms with Gasteiger partial charge in [-0.25, -0.2) is 8.42 Å². The first-order valence-corrected chi connectivity index (χ1v) is 14.1. The van der Waals surface area contributed by atoms with Crippen LogP contribution < -0.4 is 9.62 Å². The van der Waals surface area contributed by atoms with E-state index >= 15 is 0 Å². The normalized spacial score (nSPS) is 13.1. The monoisotopic (exact) mass is 555 g/mol. The van der Waals surface area contributed by atoms with Crippen LogP contribution in [0.2, 0.25) is 0 Å². The molecule has 38 heavy (non-hydrogen) atoms. The van der Waals surface area contributed by atoms with Gasteiger partial charge in [-0.2, -0.15) is 13.2 Å². The second-order valence-electron chi connectivity index (χ2n) is 10.4. The summed E-state index contributed by atoms with van der Waals surface area (Å²) in [6.45, 7) is 9.00. The van der Waals surface area contributed by atoms with Crippen LogP contribution in [-0.2, 0) is 32.3 Å². The maximum absolute atomic E-state index is 13.3. The molecule has 0 spiro atoms. The molecule has 2 aromatic rings. The van der Waals surface area contributed by atoms with Gasteiger partial charge in [0.2, 0.25) is 21.8 Å². The summed E-state index contributed by atoms with van der Waals surface area (Å²) < 4.78 is 65.2. The minimum atomic E-state index is -4.63. The number of hydrogen-bond donors (Lipinski definition) is 1. The summed E-state index contributed by atoms with van der Waals surface area (Å²) in [4.78, 5) is 27.7. The van der Waals surface area contributed by atoms with Gasteiger partial charge >= 0.3 is 6.18 Å². The molecule has 7 nitrogen and oxygen atoms in total. The molecule has 0 saturated heterocycles. The average molecular weight is 556 g/mol. The Morgan fingerprint density at radius 1 is 1.03 bits per heavy atom. The molecule has 2 amide bonds. The summed E-state index contributed by atoms with van der Waals surface area (Å²) >= 11 is 0. The topological polar surface area (TPSA) is 86.8 Å². The molecule has 0 radical (unpaired) electrons. The molecule has 0 aliphatic heterocycles. The molecular formula is C27H36F3N3O4S. The third-order valence-corrected chi connectivity index (χ3v) is 6.91. The molecular weight excluding hydrogens is 519 g/mol. The lowest BCUT2D eigenvalue weighted by atomic mass is 10.1. The second kappa shape index (κ2) is 12.2.